The van der Waals surface area contributed by atoms with Crippen molar-refractivity contribution in [3.63, 3.8) is 0 Å². The van der Waals surface area contributed by atoms with Crippen molar-refractivity contribution in [2.45, 2.75) is 25.2 Å². The van der Waals surface area contributed by atoms with Gasteiger partial charge in [-0.1, -0.05) is 18.2 Å². The molecule has 1 aliphatic rings. The summed E-state index contributed by atoms with van der Waals surface area (Å²) in [5.41, 5.74) is 3.97. The average molecular weight is 413 g/mol. The Morgan fingerprint density at radius 2 is 1.66 bits per heavy atom. The van der Waals surface area contributed by atoms with Crippen molar-refractivity contribution in [3.8, 4) is 0 Å². The Balaban J connectivity index is 1.43. The summed E-state index contributed by atoms with van der Waals surface area (Å²) >= 11 is 0. The third-order valence-electron chi connectivity index (χ3n) is 5.58. The van der Waals surface area contributed by atoms with Crippen LogP contribution < -0.4 is 0 Å². The van der Waals surface area contributed by atoms with Gasteiger partial charge in [-0.3, -0.25) is 4.79 Å². The van der Waals surface area contributed by atoms with Gasteiger partial charge in [-0.15, -0.1) is 0 Å². The number of rotatable bonds is 4. The summed E-state index contributed by atoms with van der Waals surface area (Å²) < 4.78 is 32.5. The van der Waals surface area contributed by atoms with E-state index in [4.69, 9.17) is 4.42 Å². The first kappa shape index (κ1) is 19.7. The molecule has 2 aromatic carbocycles. The van der Waals surface area contributed by atoms with Crippen molar-refractivity contribution in [1.29, 1.82) is 0 Å². The molecule has 0 radical (unpaired) electrons. The molecule has 0 N–H and O–H groups in total. The number of piperazine rings is 1. The number of benzene rings is 2. The zero-order chi connectivity index (χ0) is 20.6. The zero-order valence-corrected chi connectivity index (χ0v) is 17.4. The SMILES string of the molecule is Cc1cc2occ(CC(=O)N3CCN(S(=O)(=O)c4ccccc4)CC3)c2cc1C. The lowest BCUT2D eigenvalue weighted by molar-refractivity contribution is -0.131. The topological polar surface area (TPSA) is 70.8 Å². The van der Waals surface area contributed by atoms with Gasteiger partial charge in [0.2, 0.25) is 15.9 Å². The molecule has 2 heterocycles. The lowest BCUT2D eigenvalue weighted by Gasteiger charge is -2.34. The van der Waals surface area contributed by atoms with Gasteiger partial charge in [0, 0.05) is 37.1 Å². The van der Waals surface area contributed by atoms with Crippen LogP contribution in [0.1, 0.15) is 16.7 Å². The quantitative estimate of drug-likeness (QED) is 0.660. The summed E-state index contributed by atoms with van der Waals surface area (Å²) in [5, 5.41) is 0.965. The minimum absolute atomic E-state index is 0.0114. The van der Waals surface area contributed by atoms with E-state index < -0.39 is 10.0 Å². The van der Waals surface area contributed by atoms with E-state index in [9.17, 15) is 13.2 Å². The molecule has 1 fully saturated rings. The van der Waals surface area contributed by atoms with E-state index in [1.807, 2.05) is 19.9 Å². The van der Waals surface area contributed by atoms with Gasteiger partial charge in [0.05, 0.1) is 17.6 Å². The molecule has 0 saturated carbocycles. The fourth-order valence-corrected chi connectivity index (χ4v) is 5.11. The van der Waals surface area contributed by atoms with Gasteiger partial charge >= 0.3 is 0 Å². The Bertz CT molecular complexity index is 1140. The van der Waals surface area contributed by atoms with Crippen LogP contribution in [0.4, 0.5) is 0 Å². The summed E-state index contributed by atoms with van der Waals surface area (Å²) in [5.74, 6) is -0.0114. The smallest absolute Gasteiger partial charge is 0.243 e. The molecule has 3 aromatic rings. The minimum Gasteiger partial charge on any atom is -0.464 e. The Morgan fingerprint density at radius 1 is 1.00 bits per heavy atom. The fraction of sp³-hybridized carbons (Fsp3) is 0.318. The summed E-state index contributed by atoms with van der Waals surface area (Å²) in [4.78, 5) is 14.8. The minimum atomic E-state index is -3.52. The Hall–Kier alpha value is -2.64. The number of nitrogens with zero attached hydrogens (tertiary/aromatic N) is 2. The largest absolute Gasteiger partial charge is 0.464 e. The Labute approximate surface area is 170 Å². The first-order valence-electron chi connectivity index (χ1n) is 9.66. The molecular formula is C22H24N2O4S. The van der Waals surface area contributed by atoms with Gasteiger partial charge in [-0.05, 0) is 49.2 Å². The molecular weight excluding hydrogens is 388 g/mol. The maximum Gasteiger partial charge on any atom is 0.243 e. The van der Waals surface area contributed by atoms with Gasteiger partial charge in [0.1, 0.15) is 5.58 Å². The molecule has 29 heavy (non-hydrogen) atoms. The number of hydrogen-bond acceptors (Lipinski definition) is 4. The number of hydrogen-bond donors (Lipinski definition) is 0. The zero-order valence-electron chi connectivity index (χ0n) is 16.6. The van der Waals surface area contributed by atoms with Crippen LogP contribution in [0, 0.1) is 13.8 Å². The van der Waals surface area contributed by atoms with Gasteiger partial charge < -0.3 is 9.32 Å². The van der Waals surface area contributed by atoms with Gasteiger partial charge in [0.15, 0.2) is 0 Å². The second-order valence-corrected chi connectivity index (χ2v) is 9.41. The van der Waals surface area contributed by atoms with Crippen molar-refractivity contribution < 1.29 is 17.6 Å². The number of furan rings is 1. The summed E-state index contributed by atoms with van der Waals surface area (Å²) in [6.45, 7) is 5.45. The predicted molar refractivity (Wildman–Crippen MR) is 111 cm³/mol. The maximum atomic E-state index is 12.8. The van der Waals surface area contributed by atoms with Crippen LogP contribution >= 0.6 is 0 Å². The van der Waals surface area contributed by atoms with Gasteiger partial charge in [-0.25, -0.2) is 8.42 Å². The van der Waals surface area contributed by atoms with Crippen LogP contribution in [-0.4, -0.2) is 49.7 Å². The van der Waals surface area contributed by atoms with Crippen molar-refractivity contribution in [1.82, 2.24) is 9.21 Å². The molecule has 0 aliphatic carbocycles. The molecule has 1 saturated heterocycles. The molecule has 4 rings (SSSR count). The van der Waals surface area contributed by atoms with Gasteiger partial charge in [0.25, 0.3) is 0 Å². The highest BCUT2D eigenvalue weighted by Crippen LogP contribution is 2.26. The van der Waals surface area contributed by atoms with Crippen molar-refractivity contribution in [2.24, 2.45) is 0 Å². The molecule has 0 unspecified atom stereocenters. The Kier molecular flexibility index (Phi) is 5.19. The van der Waals surface area contributed by atoms with Crippen LogP contribution in [-0.2, 0) is 21.2 Å². The molecule has 0 bridgehead atoms. The third-order valence-corrected chi connectivity index (χ3v) is 7.50. The lowest BCUT2D eigenvalue weighted by atomic mass is 10.0. The monoisotopic (exact) mass is 412 g/mol. The van der Waals surface area contributed by atoms with E-state index in [1.165, 1.54) is 4.31 Å². The summed E-state index contributed by atoms with van der Waals surface area (Å²) in [6.07, 6.45) is 1.90. The second kappa shape index (κ2) is 7.65. The van der Waals surface area contributed by atoms with Crippen molar-refractivity contribution >= 4 is 26.9 Å². The van der Waals surface area contributed by atoms with E-state index in [2.05, 4.69) is 6.07 Å². The third kappa shape index (κ3) is 3.80. The number of fused-ring (bicyclic) bond motifs is 1. The van der Waals surface area contributed by atoms with Crippen LogP contribution in [0.5, 0.6) is 0 Å². The molecule has 0 atom stereocenters. The van der Waals surface area contributed by atoms with Crippen molar-refractivity contribution in [2.75, 3.05) is 26.2 Å². The Morgan fingerprint density at radius 3 is 2.34 bits per heavy atom. The second-order valence-electron chi connectivity index (χ2n) is 7.47. The van der Waals surface area contributed by atoms with E-state index >= 15 is 0 Å². The standard InChI is InChI=1S/C22H24N2O4S/c1-16-12-20-18(15-28-21(20)13-17(16)2)14-22(25)23-8-10-24(11-9-23)29(26,27)19-6-4-3-5-7-19/h3-7,12-13,15H,8-11,14H2,1-2H3. The van der Waals surface area contributed by atoms with Gasteiger partial charge in [-0.2, -0.15) is 4.31 Å². The highest BCUT2D eigenvalue weighted by Gasteiger charge is 2.30. The van der Waals surface area contributed by atoms with E-state index in [-0.39, 0.29) is 17.2 Å². The first-order valence-corrected chi connectivity index (χ1v) is 11.1. The van der Waals surface area contributed by atoms with Crippen LogP contribution in [0.3, 0.4) is 0 Å². The molecule has 1 aliphatic heterocycles. The molecule has 6 nitrogen and oxygen atoms in total. The van der Waals surface area contributed by atoms with Crippen LogP contribution in [0.2, 0.25) is 0 Å². The molecule has 152 valence electrons. The molecule has 1 aromatic heterocycles. The molecule has 0 spiro atoms. The van der Waals surface area contributed by atoms with Crippen LogP contribution in [0.25, 0.3) is 11.0 Å². The molecule has 7 heteroatoms. The number of sulfonamides is 1. The lowest BCUT2D eigenvalue weighted by Crippen LogP contribution is -2.50. The van der Waals surface area contributed by atoms with E-state index in [0.717, 1.165) is 27.7 Å². The average Bonchev–Trinajstić information content (AvgIpc) is 3.10. The van der Waals surface area contributed by atoms with E-state index in [0.29, 0.717) is 26.2 Å². The summed E-state index contributed by atoms with van der Waals surface area (Å²) in [6, 6.07) is 12.5. The number of carbonyl (C=O) groups excluding carboxylic acids is 1. The maximum absolute atomic E-state index is 12.8. The van der Waals surface area contributed by atoms with Crippen molar-refractivity contribution in [3.05, 3.63) is 65.4 Å². The summed E-state index contributed by atoms with van der Waals surface area (Å²) in [7, 11) is -3.52. The number of amides is 1. The number of carbonyl (C=O) groups is 1. The normalized spacial score (nSPS) is 15.7. The fourth-order valence-electron chi connectivity index (χ4n) is 3.67. The molecule has 1 amide bonds. The highest BCUT2D eigenvalue weighted by molar-refractivity contribution is 7.89. The highest BCUT2D eigenvalue weighted by atomic mass is 32.2. The number of aryl methyl sites for hydroxylation is 2. The van der Waals surface area contributed by atoms with E-state index in [1.54, 1.807) is 41.5 Å². The first-order chi connectivity index (χ1) is 13.9. The van der Waals surface area contributed by atoms with Crippen LogP contribution in [0.15, 0.2) is 58.0 Å². The predicted octanol–water partition coefficient (Wildman–Crippen LogP) is 3.13.